The number of nitrogens with zero attached hydrogens (tertiary/aromatic N) is 1. The zero-order valence-corrected chi connectivity index (χ0v) is 18.4. The number of hydrogen-bond acceptors (Lipinski definition) is 6. The van der Waals surface area contributed by atoms with Crippen molar-refractivity contribution in [1.82, 2.24) is 10.0 Å². The van der Waals surface area contributed by atoms with Crippen LogP contribution in [0.4, 0.5) is 5.69 Å². The number of ether oxygens (including phenoxy) is 1. The molecule has 0 aliphatic carbocycles. The Bertz CT molecular complexity index is 985. The molecule has 0 spiro atoms. The van der Waals surface area contributed by atoms with E-state index in [0.717, 1.165) is 5.56 Å². The topological polar surface area (TPSA) is 87.7 Å². The lowest BCUT2D eigenvalue weighted by molar-refractivity contribution is 0.206. The van der Waals surface area contributed by atoms with Crippen molar-refractivity contribution in [2.24, 2.45) is 0 Å². The summed E-state index contributed by atoms with van der Waals surface area (Å²) >= 11 is 5.95. The molecule has 1 unspecified atom stereocenters. The van der Waals surface area contributed by atoms with Crippen LogP contribution in [0, 0.1) is 0 Å². The zero-order valence-electron chi connectivity index (χ0n) is 16.1. The molecule has 2 aromatic carbocycles. The van der Waals surface area contributed by atoms with E-state index in [1.807, 2.05) is 23.1 Å². The summed E-state index contributed by atoms with van der Waals surface area (Å²) in [5.41, 5.74) is 1.70. The van der Waals surface area contributed by atoms with Gasteiger partial charge in [-0.1, -0.05) is 29.8 Å². The number of anilines is 1. The number of methoxy groups -OCH3 is 1. The smallest absolute Gasteiger partial charge is 0.241 e. The van der Waals surface area contributed by atoms with Crippen molar-refractivity contribution in [2.45, 2.75) is 16.3 Å². The van der Waals surface area contributed by atoms with E-state index in [0.29, 0.717) is 41.8 Å². The molecule has 0 radical (unpaired) electrons. The molecule has 1 heterocycles. The second-order valence-corrected chi connectivity index (χ2v) is 10.1. The number of rotatable bonds is 10. The number of hydrogen-bond donors (Lipinski definition) is 2. The van der Waals surface area contributed by atoms with Crippen LogP contribution in [0.3, 0.4) is 0 Å². The largest absolute Gasteiger partial charge is 0.383 e. The van der Waals surface area contributed by atoms with E-state index in [9.17, 15) is 12.6 Å². The predicted molar refractivity (Wildman–Crippen MR) is 115 cm³/mol. The highest BCUT2D eigenvalue weighted by Crippen LogP contribution is 2.35. The number of halogens is 1. The fourth-order valence-corrected chi connectivity index (χ4v) is 6.44. The summed E-state index contributed by atoms with van der Waals surface area (Å²) in [6.45, 7) is 2.28. The summed E-state index contributed by atoms with van der Waals surface area (Å²) in [6, 6.07) is 12.4. The van der Waals surface area contributed by atoms with E-state index >= 15 is 0 Å². The maximum absolute atomic E-state index is 12.8. The van der Waals surface area contributed by atoms with E-state index < -0.39 is 20.8 Å². The summed E-state index contributed by atoms with van der Waals surface area (Å²) in [4.78, 5) is 2.33. The highest BCUT2D eigenvalue weighted by Gasteiger charge is 2.32. The molecule has 1 aliphatic rings. The Morgan fingerprint density at radius 3 is 2.76 bits per heavy atom. The summed E-state index contributed by atoms with van der Waals surface area (Å²) < 4.78 is 45.9. The van der Waals surface area contributed by atoms with Crippen LogP contribution in [0.25, 0.3) is 0 Å². The van der Waals surface area contributed by atoms with E-state index in [1.165, 1.54) is 6.07 Å². The van der Waals surface area contributed by atoms with E-state index in [1.54, 1.807) is 25.3 Å². The monoisotopic (exact) mass is 457 g/mol. The fraction of sp³-hybridized carbons (Fsp3) is 0.368. The second-order valence-electron chi connectivity index (χ2n) is 6.54. The third-order valence-electron chi connectivity index (χ3n) is 4.47. The second kappa shape index (κ2) is 10.0. The van der Waals surface area contributed by atoms with Gasteiger partial charge in [-0.05, 0) is 29.8 Å². The van der Waals surface area contributed by atoms with Gasteiger partial charge in [0.1, 0.15) is 4.90 Å². The standard InChI is InChI=1S/C19H24ClN3O4S2/c1-27-11-10-23-14-28(24)19-17(23)6-3-7-18(19)29(25,26)22-9-8-21-13-15-4-2-5-16(20)12-15/h2-7,12,21-22H,8-11,13-14H2,1H3. The molecule has 29 heavy (non-hydrogen) atoms. The van der Waals surface area contributed by atoms with E-state index in [2.05, 4.69) is 10.0 Å². The van der Waals surface area contributed by atoms with Gasteiger partial charge in [0.05, 0.1) is 33.9 Å². The first-order valence-corrected chi connectivity index (χ1v) is 12.3. The molecule has 7 nitrogen and oxygen atoms in total. The molecule has 2 N–H and O–H groups in total. The van der Waals surface area contributed by atoms with Crippen LogP contribution in [0.5, 0.6) is 0 Å². The minimum Gasteiger partial charge on any atom is -0.383 e. The fourth-order valence-electron chi connectivity index (χ4n) is 3.09. The Labute approximate surface area is 178 Å². The molecule has 0 amide bonds. The van der Waals surface area contributed by atoms with Gasteiger partial charge in [-0.25, -0.2) is 13.1 Å². The Hall–Kier alpha value is -1.49. The van der Waals surface area contributed by atoms with Gasteiger partial charge in [-0.2, -0.15) is 0 Å². The van der Waals surface area contributed by atoms with E-state index in [-0.39, 0.29) is 17.3 Å². The van der Waals surface area contributed by atoms with Gasteiger partial charge in [-0.15, -0.1) is 0 Å². The Balaban J connectivity index is 1.61. The zero-order chi connectivity index (χ0) is 20.9. The lowest BCUT2D eigenvalue weighted by Gasteiger charge is -2.17. The van der Waals surface area contributed by atoms with Crippen molar-refractivity contribution in [2.75, 3.05) is 44.1 Å². The molecule has 1 atom stereocenters. The lowest BCUT2D eigenvalue weighted by Crippen LogP contribution is -2.32. The van der Waals surface area contributed by atoms with Crippen molar-refractivity contribution >= 4 is 38.1 Å². The van der Waals surface area contributed by atoms with Gasteiger partial charge < -0.3 is 15.0 Å². The van der Waals surface area contributed by atoms with Gasteiger partial charge in [0, 0.05) is 38.3 Å². The quantitative estimate of drug-likeness (QED) is 0.530. The molecule has 0 aromatic heterocycles. The first-order chi connectivity index (χ1) is 13.9. The van der Waals surface area contributed by atoms with Crippen molar-refractivity contribution in [3.8, 4) is 0 Å². The molecule has 2 aromatic rings. The third kappa shape index (κ3) is 5.56. The van der Waals surface area contributed by atoms with Gasteiger partial charge in [-0.3, -0.25) is 4.21 Å². The highest BCUT2D eigenvalue weighted by molar-refractivity contribution is 7.91. The Morgan fingerprint density at radius 1 is 1.21 bits per heavy atom. The van der Waals surface area contributed by atoms with Crippen LogP contribution in [-0.4, -0.2) is 51.9 Å². The first kappa shape index (κ1) is 22.2. The van der Waals surface area contributed by atoms with Gasteiger partial charge in [0.25, 0.3) is 0 Å². The molecule has 0 bridgehead atoms. The molecule has 10 heteroatoms. The molecule has 0 fully saturated rings. The van der Waals surface area contributed by atoms with Gasteiger partial charge >= 0.3 is 0 Å². The molecule has 1 aliphatic heterocycles. The predicted octanol–water partition coefficient (Wildman–Crippen LogP) is 1.94. The summed E-state index contributed by atoms with van der Waals surface area (Å²) in [6.07, 6.45) is 0. The Morgan fingerprint density at radius 2 is 2.00 bits per heavy atom. The number of sulfonamides is 1. The first-order valence-electron chi connectivity index (χ1n) is 9.12. The molecular weight excluding hydrogens is 434 g/mol. The average Bonchev–Trinajstić information content (AvgIpc) is 3.02. The normalized spacial score (nSPS) is 16.2. The Kier molecular flexibility index (Phi) is 7.66. The molecule has 0 saturated carbocycles. The summed E-state index contributed by atoms with van der Waals surface area (Å²) in [5.74, 6) is 0.270. The number of nitrogens with one attached hydrogen (secondary N) is 2. The summed E-state index contributed by atoms with van der Waals surface area (Å²) in [5, 5.41) is 3.84. The van der Waals surface area contributed by atoms with Crippen LogP contribution >= 0.6 is 11.6 Å². The average molecular weight is 458 g/mol. The third-order valence-corrected chi connectivity index (χ3v) is 7.76. The lowest BCUT2D eigenvalue weighted by atomic mass is 10.2. The number of benzene rings is 2. The number of fused-ring (bicyclic) bond motifs is 1. The van der Waals surface area contributed by atoms with Crippen LogP contribution in [-0.2, 0) is 32.1 Å². The molecule has 0 saturated heterocycles. The van der Waals surface area contributed by atoms with Crippen molar-refractivity contribution < 1.29 is 17.4 Å². The SMILES string of the molecule is COCCN1CS(=O)c2c1cccc2S(=O)(=O)NCCNCc1cccc(Cl)c1. The minimum absolute atomic E-state index is 0.0723. The van der Waals surface area contributed by atoms with E-state index in [4.69, 9.17) is 16.3 Å². The minimum atomic E-state index is -3.78. The van der Waals surface area contributed by atoms with Crippen LogP contribution in [0.1, 0.15) is 5.56 Å². The highest BCUT2D eigenvalue weighted by atomic mass is 35.5. The molecule has 3 rings (SSSR count). The van der Waals surface area contributed by atoms with Gasteiger partial charge in [0.15, 0.2) is 0 Å². The molecular formula is C19H24ClN3O4S2. The van der Waals surface area contributed by atoms with Crippen LogP contribution in [0.2, 0.25) is 5.02 Å². The summed E-state index contributed by atoms with van der Waals surface area (Å²) in [7, 11) is -3.58. The van der Waals surface area contributed by atoms with Crippen molar-refractivity contribution in [3.05, 3.63) is 53.1 Å². The molecule has 158 valence electrons. The van der Waals surface area contributed by atoms with Gasteiger partial charge in [0.2, 0.25) is 10.0 Å². The van der Waals surface area contributed by atoms with Crippen LogP contribution in [0.15, 0.2) is 52.3 Å². The van der Waals surface area contributed by atoms with Crippen LogP contribution < -0.4 is 14.9 Å². The maximum atomic E-state index is 12.8. The maximum Gasteiger partial charge on any atom is 0.241 e. The van der Waals surface area contributed by atoms with Crippen molar-refractivity contribution in [3.63, 3.8) is 0 Å². The van der Waals surface area contributed by atoms with Crippen molar-refractivity contribution in [1.29, 1.82) is 0 Å².